The van der Waals surface area contributed by atoms with Crippen LogP contribution in [-0.2, 0) is 6.18 Å². The van der Waals surface area contributed by atoms with Gasteiger partial charge in [-0.25, -0.2) is 0 Å². The molecule has 4 rings (SSSR count). The third-order valence-electron chi connectivity index (χ3n) is 4.70. The number of para-hydroxylation sites is 2. The number of fused-ring (bicyclic) bond motifs is 4. The highest BCUT2D eigenvalue weighted by atomic mass is 35.5. The van der Waals surface area contributed by atoms with E-state index in [9.17, 15) is 13.2 Å². The molecule has 2 bridgehead atoms. The van der Waals surface area contributed by atoms with Crippen LogP contribution < -0.4 is 15.0 Å². The smallest absolute Gasteiger partial charge is 0.418 e. The number of halogens is 4. The van der Waals surface area contributed by atoms with Crippen molar-refractivity contribution in [3.8, 4) is 5.75 Å². The second kappa shape index (κ2) is 5.76. The van der Waals surface area contributed by atoms with E-state index in [1.165, 1.54) is 17.0 Å². The first-order valence-electron chi connectivity index (χ1n) is 7.95. The van der Waals surface area contributed by atoms with Crippen LogP contribution in [0.4, 0.5) is 18.9 Å². The van der Waals surface area contributed by atoms with Crippen molar-refractivity contribution < 1.29 is 17.9 Å². The lowest BCUT2D eigenvalue weighted by Crippen LogP contribution is -2.65. The molecule has 136 valence electrons. The van der Waals surface area contributed by atoms with Gasteiger partial charge in [-0.1, -0.05) is 35.9 Å². The number of nitrogens with zero attached hydrogens (tertiary/aromatic N) is 1. The molecule has 2 aliphatic heterocycles. The van der Waals surface area contributed by atoms with E-state index in [2.05, 4.69) is 5.32 Å². The molecule has 2 aromatic carbocycles. The van der Waals surface area contributed by atoms with Crippen molar-refractivity contribution in [2.45, 2.75) is 31.3 Å². The SMILES string of the molecule is CC12CC(NC(=S)N1c1ccccc1C(F)(F)F)c1cccc(Cl)c1O2. The summed E-state index contributed by atoms with van der Waals surface area (Å²) in [5.74, 6) is 0.470. The summed E-state index contributed by atoms with van der Waals surface area (Å²) in [4.78, 5) is 1.40. The molecule has 0 amide bonds. The summed E-state index contributed by atoms with van der Waals surface area (Å²) >= 11 is 11.7. The van der Waals surface area contributed by atoms with E-state index in [0.717, 1.165) is 11.6 Å². The van der Waals surface area contributed by atoms with Crippen molar-refractivity contribution in [3.05, 3.63) is 58.6 Å². The van der Waals surface area contributed by atoms with Gasteiger partial charge in [0, 0.05) is 12.0 Å². The lowest BCUT2D eigenvalue weighted by Gasteiger charge is -2.52. The predicted molar refractivity (Wildman–Crippen MR) is 97.5 cm³/mol. The van der Waals surface area contributed by atoms with Crippen LogP contribution in [0.15, 0.2) is 42.5 Å². The second-order valence-electron chi connectivity index (χ2n) is 6.49. The first kappa shape index (κ1) is 17.4. The van der Waals surface area contributed by atoms with Crippen LogP contribution in [0.3, 0.4) is 0 Å². The molecule has 0 aliphatic carbocycles. The summed E-state index contributed by atoms with van der Waals surface area (Å²) in [7, 11) is 0. The minimum Gasteiger partial charge on any atom is -0.466 e. The average molecular weight is 399 g/mol. The molecule has 0 spiro atoms. The Hall–Kier alpha value is -1.99. The molecule has 0 aromatic heterocycles. The maximum Gasteiger partial charge on any atom is 0.418 e. The normalized spacial score (nSPS) is 24.6. The van der Waals surface area contributed by atoms with Gasteiger partial charge in [0.25, 0.3) is 0 Å². The van der Waals surface area contributed by atoms with Crippen molar-refractivity contribution in [2.75, 3.05) is 4.90 Å². The summed E-state index contributed by atoms with van der Waals surface area (Å²) in [6, 6.07) is 10.5. The second-order valence-corrected chi connectivity index (χ2v) is 7.29. The predicted octanol–water partition coefficient (Wildman–Crippen LogP) is 5.29. The molecule has 2 heterocycles. The van der Waals surface area contributed by atoms with Gasteiger partial charge in [0.15, 0.2) is 10.8 Å². The van der Waals surface area contributed by atoms with Gasteiger partial charge in [-0.15, -0.1) is 0 Å². The van der Waals surface area contributed by atoms with Crippen molar-refractivity contribution in [1.29, 1.82) is 0 Å². The van der Waals surface area contributed by atoms with Crippen LogP contribution in [0.25, 0.3) is 0 Å². The standard InChI is InChI=1S/C18H14ClF3N2OS/c1-17-9-13(10-5-4-7-12(19)15(10)25-17)23-16(26)24(17)14-8-3-2-6-11(14)18(20,21)22/h2-8,13H,9H2,1H3,(H,23,26). The number of alkyl halides is 3. The molecule has 0 saturated carbocycles. The Morgan fingerprint density at radius 2 is 1.96 bits per heavy atom. The van der Waals surface area contributed by atoms with E-state index in [4.69, 9.17) is 28.6 Å². The minimum atomic E-state index is -4.51. The Labute approximate surface area is 158 Å². The molecule has 0 radical (unpaired) electrons. The molecular weight excluding hydrogens is 385 g/mol. The first-order valence-corrected chi connectivity index (χ1v) is 8.74. The summed E-state index contributed by atoms with van der Waals surface area (Å²) in [5.41, 5.74) is -1.06. The van der Waals surface area contributed by atoms with Crippen molar-refractivity contribution >= 4 is 34.6 Å². The van der Waals surface area contributed by atoms with Crippen molar-refractivity contribution in [1.82, 2.24) is 5.32 Å². The third kappa shape index (κ3) is 2.61. The largest absolute Gasteiger partial charge is 0.466 e. The monoisotopic (exact) mass is 398 g/mol. The van der Waals surface area contributed by atoms with Crippen LogP contribution in [0.2, 0.25) is 5.02 Å². The Kier molecular flexibility index (Phi) is 3.86. The molecule has 3 nitrogen and oxygen atoms in total. The maximum absolute atomic E-state index is 13.5. The molecular formula is C18H14ClF3N2OS. The molecule has 26 heavy (non-hydrogen) atoms. The third-order valence-corrected chi connectivity index (χ3v) is 5.30. The van der Waals surface area contributed by atoms with Crippen LogP contribution in [0, 0.1) is 0 Å². The van der Waals surface area contributed by atoms with Gasteiger partial charge >= 0.3 is 6.18 Å². The maximum atomic E-state index is 13.5. The highest BCUT2D eigenvalue weighted by Crippen LogP contribution is 2.49. The number of rotatable bonds is 1. The number of thiocarbonyl (C=S) groups is 1. The molecule has 1 saturated heterocycles. The fourth-order valence-corrected chi connectivity index (χ4v) is 4.28. The van der Waals surface area contributed by atoms with Crippen LogP contribution in [0.5, 0.6) is 5.75 Å². The van der Waals surface area contributed by atoms with Crippen molar-refractivity contribution in [2.24, 2.45) is 0 Å². The van der Waals surface area contributed by atoms with E-state index in [-0.39, 0.29) is 16.8 Å². The van der Waals surface area contributed by atoms with E-state index < -0.39 is 17.5 Å². The Morgan fingerprint density at radius 3 is 2.69 bits per heavy atom. The van der Waals surface area contributed by atoms with Crippen LogP contribution in [0.1, 0.15) is 30.5 Å². The molecule has 2 aliphatic rings. The number of ether oxygens (including phenoxy) is 1. The number of hydrogen-bond donors (Lipinski definition) is 1. The first-order chi connectivity index (χ1) is 12.2. The minimum absolute atomic E-state index is 0.0473. The topological polar surface area (TPSA) is 24.5 Å². The molecule has 8 heteroatoms. The number of hydrogen-bond acceptors (Lipinski definition) is 2. The number of anilines is 1. The zero-order valence-corrected chi connectivity index (χ0v) is 15.2. The lowest BCUT2D eigenvalue weighted by atomic mass is 9.90. The summed E-state index contributed by atoms with van der Waals surface area (Å²) in [5, 5.41) is 3.74. The van der Waals surface area contributed by atoms with Crippen LogP contribution in [-0.4, -0.2) is 10.8 Å². The number of benzene rings is 2. The highest BCUT2D eigenvalue weighted by Gasteiger charge is 2.50. The lowest BCUT2D eigenvalue weighted by molar-refractivity contribution is -0.137. The molecule has 2 atom stereocenters. The van der Waals surface area contributed by atoms with E-state index in [0.29, 0.717) is 17.2 Å². The Bertz CT molecular complexity index is 904. The molecule has 2 unspecified atom stereocenters. The zero-order valence-electron chi connectivity index (χ0n) is 13.6. The summed E-state index contributed by atoms with van der Waals surface area (Å²) in [6.45, 7) is 1.73. The Morgan fingerprint density at radius 1 is 1.23 bits per heavy atom. The molecule has 2 aromatic rings. The Balaban J connectivity index is 1.86. The number of nitrogens with one attached hydrogen (secondary N) is 1. The van der Waals surface area contributed by atoms with Gasteiger partial charge in [-0.2, -0.15) is 13.2 Å². The summed E-state index contributed by atoms with van der Waals surface area (Å²) < 4.78 is 46.7. The van der Waals surface area contributed by atoms with E-state index >= 15 is 0 Å². The zero-order chi connectivity index (χ0) is 18.7. The van der Waals surface area contributed by atoms with Gasteiger partial charge in [0.1, 0.15) is 5.75 Å². The molecule has 1 N–H and O–H groups in total. The van der Waals surface area contributed by atoms with Gasteiger partial charge < -0.3 is 10.1 Å². The van der Waals surface area contributed by atoms with Crippen LogP contribution >= 0.6 is 23.8 Å². The quantitative estimate of drug-likeness (QED) is 0.659. The fourth-order valence-electron chi connectivity index (χ4n) is 3.62. The fraction of sp³-hybridized carbons (Fsp3) is 0.278. The van der Waals surface area contributed by atoms with E-state index in [1.807, 2.05) is 12.1 Å². The average Bonchev–Trinajstić information content (AvgIpc) is 2.55. The van der Waals surface area contributed by atoms with Crippen molar-refractivity contribution in [3.63, 3.8) is 0 Å². The van der Waals surface area contributed by atoms with Gasteiger partial charge in [0.2, 0.25) is 0 Å². The summed E-state index contributed by atoms with van der Waals surface area (Å²) in [6.07, 6.45) is -4.09. The highest BCUT2D eigenvalue weighted by molar-refractivity contribution is 7.80. The van der Waals surface area contributed by atoms with Gasteiger partial charge in [-0.3, -0.25) is 4.90 Å². The van der Waals surface area contributed by atoms with Gasteiger partial charge in [0.05, 0.1) is 22.3 Å². The molecule has 1 fully saturated rings. The van der Waals surface area contributed by atoms with Gasteiger partial charge in [-0.05, 0) is 37.3 Å². The van der Waals surface area contributed by atoms with E-state index in [1.54, 1.807) is 19.1 Å².